The number of likely N-dealkylation sites (tertiary alicyclic amines) is 1. The number of aliphatic carboxylic acids is 1. The van der Waals surface area contributed by atoms with Crippen molar-refractivity contribution in [3.8, 4) is 0 Å². The molecule has 6 nitrogen and oxygen atoms in total. The average Bonchev–Trinajstić information content (AvgIpc) is 2.85. The number of hydrogen-bond donors (Lipinski definition) is 1. The Morgan fingerprint density at radius 1 is 1.42 bits per heavy atom. The molecule has 2 rings (SSSR count). The molecule has 1 aliphatic rings. The number of carbonyl (C=O) groups is 2. The Hall–Kier alpha value is -1.69. The van der Waals surface area contributed by atoms with E-state index in [4.69, 9.17) is 16.7 Å². The largest absolute Gasteiger partial charge is 0.481 e. The van der Waals surface area contributed by atoms with E-state index in [1.165, 1.54) is 12.4 Å². The lowest BCUT2D eigenvalue weighted by atomic mass is 10.0. The van der Waals surface area contributed by atoms with Crippen LogP contribution in [-0.2, 0) is 4.79 Å². The van der Waals surface area contributed by atoms with E-state index in [1.54, 1.807) is 4.90 Å². The molecule has 0 spiro atoms. The van der Waals surface area contributed by atoms with Crippen molar-refractivity contribution < 1.29 is 14.7 Å². The fourth-order valence-corrected chi connectivity index (χ4v) is 2.26. The summed E-state index contributed by atoms with van der Waals surface area (Å²) in [7, 11) is 0. The van der Waals surface area contributed by atoms with Crippen LogP contribution in [0, 0.1) is 5.92 Å². The number of hydrogen-bond acceptors (Lipinski definition) is 4. The highest BCUT2D eigenvalue weighted by molar-refractivity contribution is 6.29. The molecule has 1 aromatic heterocycles. The van der Waals surface area contributed by atoms with E-state index in [-0.39, 0.29) is 29.1 Å². The smallest absolute Gasteiger partial charge is 0.303 e. The fraction of sp³-hybridized carbons (Fsp3) is 0.500. The van der Waals surface area contributed by atoms with Crippen molar-refractivity contribution in [3.05, 3.63) is 23.2 Å². The van der Waals surface area contributed by atoms with Crippen molar-refractivity contribution in [3.63, 3.8) is 0 Å². The molecule has 1 atom stereocenters. The van der Waals surface area contributed by atoms with Gasteiger partial charge < -0.3 is 10.0 Å². The van der Waals surface area contributed by atoms with Gasteiger partial charge in [0.2, 0.25) is 0 Å². The van der Waals surface area contributed by atoms with Crippen LogP contribution in [0.15, 0.2) is 12.4 Å². The van der Waals surface area contributed by atoms with E-state index in [9.17, 15) is 9.59 Å². The van der Waals surface area contributed by atoms with Crippen molar-refractivity contribution in [2.24, 2.45) is 5.92 Å². The monoisotopic (exact) mass is 283 g/mol. The number of rotatable bonds is 4. The quantitative estimate of drug-likeness (QED) is 0.904. The Labute approximate surface area is 115 Å². The second-order valence-electron chi connectivity index (χ2n) is 4.56. The predicted molar refractivity (Wildman–Crippen MR) is 67.9 cm³/mol. The van der Waals surface area contributed by atoms with Gasteiger partial charge in [0.1, 0.15) is 10.8 Å². The summed E-state index contributed by atoms with van der Waals surface area (Å²) in [6.45, 7) is 1.21. The molecule has 1 N–H and O–H groups in total. The molecule has 1 aliphatic heterocycles. The Morgan fingerprint density at radius 2 is 2.21 bits per heavy atom. The van der Waals surface area contributed by atoms with E-state index < -0.39 is 5.97 Å². The summed E-state index contributed by atoms with van der Waals surface area (Å²) in [5.74, 6) is -0.726. The lowest BCUT2D eigenvalue weighted by molar-refractivity contribution is -0.137. The molecule has 0 bridgehead atoms. The molecule has 1 amide bonds. The van der Waals surface area contributed by atoms with E-state index in [1.807, 2.05) is 0 Å². The normalized spacial score (nSPS) is 18.6. The van der Waals surface area contributed by atoms with Gasteiger partial charge in [-0.15, -0.1) is 0 Å². The Morgan fingerprint density at radius 3 is 2.84 bits per heavy atom. The average molecular weight is 284 g/mol. The second-order valence-corrected chi connectivity index (χ2v) is 4.95. The lowest BCUT2D eigenvalue weighted by Gasteiger charge is -2.15. The van der Waals surface area contributed by atoms with Gasteiger partial charge in [0, 0.05) is 19.5 Å². The highest BCUT2D eigenvalue weighted by Gasteiger charge is 2.27. The Balaban J connectivity index is 1.91. The van der Waals surface area contributed by atoms with Crippen molar-refractivity contribution in [2.75, 3.05) is 13.1 Å². The number of carbonyl (C=O) groups excluding carboxylic acids is 1. The van der Waals surface area contributed by atoms with Crippen molar-refractivity contribution in [1.29, 1.82) is 0 Å². The maximum Gasteiger partial charge on any atom is 0.303 e. The number of carboxylic acid groups (broad SMARTS) is 1. The first-order valence-corrected chi connectivity index (χ1v) is 6.42. The van der Waals surface area contributed by atoms with Crippen LogP contribution in [-0.4, -0.2) is 44.9 Å². The second kappa shape index (κ2) is 5.97. The number of amides is 1. The van der Waals surface area contributed by atoms with Gasteiger partial charge in [-0.2, -0.15) is 0 Å². The van der Waals surface area contributed by atoms with Gasteiger partial charge in [-0.05, 0) is 18.8 Å². The molecule has 1 saturated heterocycles. The summed E-state index contributed by atoms with van der Waals surface area (Å²) in [6, 6.07) is 0. The predicted octanol–water partition coefficient (Wildman–Crippen LogP) is 1.46. The van der Waals surface area contributed by atoms with Gasteiger partial charge in [-0.3, -0.25) is 9.59 Å². The van der Waals surface area contributed by atoms with Crippen LogP contribution < -0.4 is 0 Å². The van der Waals surface area contributed by atoms with Crippen LogP contribution in [0.4, 0.5) is 0 Å². The first-order chi connectivity index (χ1) is 9.06. The topological polar surface area (TPSA) is 83.4 Å². The standard InChI is InChI=1S/C12H14ClN3O3/c13-10-6-14-9(5-15-10)12(19)16-4-3-8(7-16)1-2-11(17)18/h5-6,8H,1-4,7H2,(H,17,18). The van der Waals surface area contributed by atoms with Gasteiger partial charge in [0.15, 0.2) is 0 Å². The van der Waals surface area contributed by atoms with Gasteiger partial charge in [-0.1, -0.05) is 11.6 Å². The maximum atomic E-state index is 12.1. The van der Waals surface area contributed by atoms with Crippen LogP contribution >= 0.6 is 11.6 Å². The van der Waals surface area contributed by atoms with E-state index >= 15 is 0 Å². The zero-order valence-electron chi connectivity index (χ0n) is 10.3. The molecule has 102 valence electrons. The van der Waals surface area contributed by atoms with Gasteiger partial charge in [0.25, 0.3) is 5.91 Å². The highest BCUT2D eigenvalue weighted by Crippen LogP contribution is 2.22. The molecule has 7 heteroatoms. The third kappa shape index (κ3) is 3.64. The molecule has 0 radical (unpaired) electrons. The minimum absolute atomic E-state index is 0.146. The molecular weight excluding hydrogens is 270 g/mol. The van der Waals surface area contributed by atoms with Crippen molar-refractivity contribution in [2.45, 2.75) is 19.3 Å². The molecule has 1 aromatic rings. The summed E-state index contributed by atoms with van der Waals surface area (Å²) in [6.07, 6.45) is 4.28. The van der Waals surface area contributed by atoms with Crippen LogP contribution in [0.2, 0.25) is 5.15 Å². The lowest BCUT2D eigenvalue weighted by Crippen LogP contribution is -2.29. The van der Waals surface area contributed by atoms with Crippen LogP contribution in [0.3, 0.4) is 0 Å². The van der Waals surface area contributed by atoms with Crippen molar-refractivity contribution in [1.82, 2.24) is 14.9 Å². The van der Waals surface area contributed by atoms with Crippen LogP contribution in [0.5, 0.6) is 0 Å². The zero-order valence-corrected chi connectivity index (χ0v) is 11.0. The first-order valence-electron chi connectivity index (χ1n) is 6.05. The minimum Gasteiger partial charge on any atom is -0.481 e. The van der Waals surface area contributed by atoms with E-state index in [0.29, 0.717) is 19.5 Å². The van der Waals surface area contributed by atoms with Crippen LogP contribution in [0.1, 0.15) is 29.8 Å². The molecular formula is C12H14ClN3O3. The number of carboxylic acids is 1. The van der Waals surface area contributed by atoms with Crippen molar-refractivity contribution >= 4 is 23.5 Å². The minimum atomic E-state index is -0.798. The molecule has 1 fully saturated rings. The zero-order chi connectivity index (χ0) is 13.8. The summed E-state index contributed by atoms with van der Waals surface area (Å²) in [5, 5.41) is 8.89. The molecule has 0 aromatic carbocycles. The number of nitrogens with zero attached hydrogens (tertiary/aromatic N) is 3. The summed E-state index contributed by atoms with van der Waals surface area (Å²) < 4.78 is 0. The molecule has 19 heavy (non-hydrogen) atoms. The number of aromatic nitrogens is 2. The third-order valence-corrected chi connectivity index (χ3v) is 3.37. The van der Waals surface area contributed by atoms with Gasteiger partial charge >= 0.3 is 5.97 Å². The molecule has 1 unspecified atom stereocenters. The SMILES string of the molecule is O=C(O)CCC1CCN(C(=O)c2cnc(Cl)cn2)C1. The third-order valence-electron chi connectivity index (χ3n) is 3.18. The van der Waals surface area contributed by atoms with Gasteiger partial charge in [0.05, 0.1) is 12.4 Å². The Bertz CT molecular complexity index is 478. The summed E-state index contributed by atoms with van der Waals surface area (Å²) in [4.78, 5) is 32.1. The summed E-state index contributed by atoms with van der Waals surface area (Å²) >= 11 is 5.62. The van der Waals surface area contributed by atoms with E-state index in [2.05, 4.69) is 9.97 Å². The molecule has 2 heterocycles. The maximum absolute atomic E-state index is 12.1. The van der Waals surface area contributed by atoms with E-state index in [0.717, 1.165) is 6.42 Å². The fourth-order valence-electron chi connectivity index (χ4n) is 2.17. The van der Waals surface area contributed by atoms with Crippen LogP contribution in [0.25, 0.3) is 0 Å². The number of halogens is 1. The molecule has 0 aliphatic carbocycles. The highest BCUT2D eigenvalue weighted by atomic mass is 35.5. The summed E-state index contributed by atoms with van der Waals surface area (Å²) in [5.41, 5.74) is 0.267. The first kappa shape index (κ1) is 13.7. The Kier molecular flexibility index (Phi) is 4.31. The van der Waals surface area contributed by atoms with Gasteiger partial charge in [-0.25, -0.2) is 9.97 Å². The molecule has 0 saturated carbocycles.